The summed E-state index contributed by atoms with van der Waals surface area (Å²) in [6.45, 7) is 5.09. The zero-order valence-electron chi connectivity index (χ0n) is 17.2. The molecule has 1 aromatic carbocycles. The molecular formula is C22H34Br2F2O2. The van der Waals surface area contributed by atoms with E-state index in [9.17, 15) is 8.78 Å². The molecule has 0 heterocycles. The molecule has 0 N–H and O–H groups in total. The Bertz CT molecular complexity index is 490. The molecule has 1 aromatic rings. The van der Waals surface area contributed by atoms with E-state index in [4.69, 9.17) is 9.47 Å². The molecular weight excluding hydrogens is 494 g/mol. The third-order valence-corrected chi connectivity index (χ3v) is 6.09. The highest BCUT2D eigenvalue weighted by Crippen LogP contribution is 2.43. The first-order valence-corrected chi connectivity index (χ1v) is 12.2. The number of hydrogen-bond donors (Lipinski definition) is 0. The van der Waals surface area contributed by atoms with Crippen LogP contribution in [-0.2, 0) is 0 Å². The van der Waals surface area contributed by atoms with E-state index in [-0.39, 0.29) is 20.4 Å². The highest BCUT2D eigenvalue weighted by atomic mass is 79.9. The van der Waals surface area contributed by atoms with Crippen molar-refractivity contribution < 1.29 is 18.3 Å². The van der Waals surface area contributed by atoms with Gasteiger partial charge in [0.25, 0.3) is 0 Å². The number of halogens is 4. The lowest BCUT2D eigenvalue weighted by atomic mass is 10.1. The third kappa shape index (κ3) is 8.98. The Morgan fingerprint density at radius 2 is 0.893 bits per heavy atom. The van der Waals surface area contributed by atoms with E-state index in [2.05, 4.69) is 45.7 Å². The predicted octanol–water partition coefficient (Wildman–Crippen LogP) is 8.97. The van der Waals surface area contributed by atoms with Crippen molar-refractivity contribution in [3.8, 4) is 11.5 Å². The molecule has 0 unspecified atom stereocenters. The minimum atomic E-state index is -0.628. The van der Waals surface area contributed by atoms with E-state index in [1.807, 2.05) is 0 Å². The molecule has 1 rings (SSSR count). The van der Waals surface area contributed by atoms with Crippen molar-refractivity contribution in [2.45, 2.75) is 90.9 Å². The monoisotopic (exact) mass is 526 g/mol. The minimum Gasteiger partial charge on any atom is -0.489 e. The summed E-state index contributed by atoms with van der Waals surface area (Å²) in [5.41, 5.74) is 0. The lowest BCUT2D eigenvalue weighted by molar-refractivity contribution is 0.268. The van der Waals surface area contributed by atoms with Crippen LogP contribution < -0.4 is 9.47 Å². The fourth-order valence-electron chi connectivity index (χ4n) is 2.96. The van der Waals surface area contributed by atoms with Gasteiger partial charge in [0.2, 0.25) is 0 Å². The van der Waals surface area contributed by atoms with Gasteiger partial charge in [-0.1, -0.05) is 78.1 Å². The summed E-state index contributed by atoms with van der Waals surface area (Å²) in [4.78, 5) is 0. The van der Waals surface area contributed by atoms with Crippen molar-refractivity contribution in [3.63, 3.8) is 0 Å². The summed E-state index contributed by atoms with van der Waals surface area (Å²) in [7, 11) is 0. The molecule has 0 spiro atoms. The molecule has 0 aliphatic heterocycles. The number of unbranched alkanes of at least 4 members (excludes halogenated alkanes) is 10. The van der Waals surface area contributed by atoms with E-state index < -0.39 is 11.6 Å². The van der Waals surface area contributed by atoms with Crippen LogP contribution in [0.1, 0.15) is 90.9 Å². The Kier molecular flexibility index (Phi) is 14.2. The molecule has 0 aliphatic rings. The first-order valence-electron chi connectivity index (χ1n) is 10.7. The second kappa shape index (κ2) is 15.5. The van der Waals surface area contributed by atoms with Crippen LogP contribution in [0.25, 0.3) is 0 Å². The van der Waals surface area contributed by atoms with Crippen LogP contribution >= 0.6 is 31.9 Å². The van der Waals surface area contributed by atoms with Gasteiger partial charge in [-0.15, -0.1) is 0 Å². The first-order chi connectivity index (χ1) is 13.5. The molecule has 0 bridgehead atoms. The van der Waals surface area contributed by atoms with Crippen LogP contribution in [0.3, 0.4) is 0 Å². The summed E-state index contributed by atoms with van der Waals surface area (Å²) in [5.74, 6) is -1.44. The maximum absolute atomic E-state index is 14.6. The standard InChI is InChI=1S/C22H34Br2F2O2/c1-3-5-7-9-11-13-15-27-21-17(23)20(26)22(18(24)19(21)25)28-16-14-12-10-8-6-4-2/h3-16H2,1-2H3. The number of rotatable bonds is 16. The van der Waals surface area contributed by atoms with Crippen molar-refractivity contribution in [2.75, 3.05) is 13.2 Å². The molecule has 0 aromatic heterocycles. The summed E-state index contributed by atoms with van der Waals surface area (Å²) in [6, 6.07) is 0. The average Bonchev–Trinajstić information content (AvgIpc) is 2.69. The van der Waals surface area contributed by atoms with Gasteiger partial charge in [0, 0.05) is 0 Å². The molecule has 2 nitrogen and oxygen atoms in total. The molecule has 0 saturated heterocycles. The highest BCUT2D eigenvalue weighted by molar-refractivity contribution is 9.11. The predicted molar refractivity (Wildman–Crippen MR) is 120 cm³/mol. The zero-order chi connectivity index (χ0) is 20.8. The van der Waals surface area contributed by atoms with Gasteiger partial charge >= 0.3 is 0 Å². The SMILES string of the molecule is CCCCCCCCOc1c(F)c(Br)c(OCCCCCCCC)c(F)c1Br. The second-order valence-electron chi connectivity index (χ2n) is 7.15. The van der Waals surface area contributed by atoms with Crippen molar-refractivity contribution in [2.24, 2.45) is 0 Å². The maximum atomic E-state index is 14.6. The Hall–Kier alpha value is -0.360. The molecule has 162 valence electrons. The topological polar surface area (TPSA) is 18.5 Å². The van der Waals surface area contributed by atoms with Crippen LogP contribution in [0.5, 0.6) is 11.5 Å². The lowest BCUT2D eigenvalue weighted by Gasteiger charge is -2.15. The third-order valence-electron chi connectivity index (χ3n) is 4.67. The molecule has 6 heteroatoms. The van der Waals surface area contributed by atoms with Gasteiger partial charge in [0.1, 0.15) is 8.95 Å². The van der Waals surface area contributed by atoms with E-state index in [1.165, 1.54) is 38.5 Å². The molecule has 0 aliphatic carbocycles. The van der Waals surface area contributed by atoms with Crippen molar-refractivity contribution in [3.05, 3.63) is 20.6 Å². The zero-order valence-corrected chi connectivity index (χ0v) is 20.4. The summed E-state index contributed by atoms with van der Waals surface area (Å²) in [6.07, 6.45) is 13.3. The van der Waals surface area contributed by atoms with Gasteiger partial charge in [0.05, 0.1) is 13.2 Å². The summed E-state index contributed by atoms with van der Waals surface area (Å²) in [5, 5.41) is 0. The van der Waals surface area contributed by atoms with E-state index in [1.54, 1.807) is 0 Å². The van der Waals surface area contributed by atoms with Crippen LogP contribution in [0.4, 0.5) is 8.78 Å². The van der Waals surface area contributed by atoms with E-state index >= 15 is 0 Å². The normalized spacial score (nSPS) is 11.1. The Labute approximate surface area is 186 Å². The smallest absolute Gasteiger partial charge is 0.184 e. The van der Waals surface area contributed by atoms with Crippen LogP contribution in [0, 0.1) is 11.6 Å². The van der Waals surface area contributed by atoms with E-state index in [0.717, 1.165) is 38.5 Å². The van der Waals surface area contributed by atoms with Gasteiger partial charge in [-0.3, -0.25) is 0 Å². The maximum Gasteiger partial charge on any atom is 0.184 e. The first kappa shape index (κ1) is 25.7. The fraction of sp³-hybridized carbons (Fsp3) is 0.727. The molecule has 0 fully saturated rings. The van der Waals surface area contributed by atoms with Gasteiger partial charge in [-0.25, -0.2) is 8.78 Å². The quantitative estimate of drug-likeness (QED) is 0.158. The van der Waals surface area contributed by atoms with Gasteiger partial charge in [-0.05, 0) is 44.7 Å². The molecule has 0 atom stereocenters. The lowest BCUT2D eigenvalue weighted by Crippen LogP contribution is -2.06. The van der Waals surface area contributed by atoms with Crippen molar-refractivity contribution >= 4 is 31.9 Å². The van der Waals surface area contributed by atoms with Crippen LogP contribution in [0.2, 0.25) is 0 Å². The Morgan fingerprint density at radius 3 is 1.25 bits per heavy atom. The van der Waals surface area contributed by atoms with Crippen molar-refractivity contribution in [1.82, 2.24) is 0 Å². The summed E-state index contributed by atoms with van der Waals surface area (Å²) >= 11 is 6.26. The average molecular weight is 528 g/mol. The van der Waals surface area contributed by atoms with Crippen LogP contribution in [-0.4, -0.2) is 13.2 Å². The van der Waals surface area contributed by atoms with Crippen LogP contribution in [0.15, 0.2) is 8.95 Å². The van der Waals surface area contributed by atoms with Crippen molar-refractivity contribution in [1.29, 1.82) is 0 Å². The van der Waals surface area contributed by atoms with Gasteiger partial charge in [-0.2, -0.15) is 0 Å². The Morgan fingerprint density at radius 1 is 0.571 bits per heavy atom. The fourth-order valence-corrected chi connectivity index (χ4v) is 3.90. The molecule has 0 amide bonds. The molecule has 0 saturated carbocycles. The Balaban J connectivity index is 2.52. The summed E-state index contributed by atoms with van der Waals surface area (Å²) < 4.78 is 40.3. The highest BCUT2D eigenvalue weighted by Gasteiger charge is 2.24. The molecule has 0 radical (unpaired) electrons. The van der Waals surface area contributed by atoms with Gasteiger partial charge in [0.15, 0.2) is 23.1 Å². The number of hydrogen-bond acceptors (Lipinski definition) is 2. The minimum absolute atomic E-state index is 0.0165. The largest absolute Gasteiger partial charge is 0.489 e. The number of benzene rings is 1. The molecule has 28 heavy (non-hydrogen) atoms. The van der Waals surface area contributed by atoms with Gasteiger partial charge < -0.3 is 9.47 Å². The van der Waals surface area contributed by atoms with E-state index in [0.29, 0.717) is 13.2 Å². The number of ether oxygens (including phenoxy) is 2. The second-order valence-corrected chi connectivity index (χ2v) is 8.73.